The highest BCUT2D eigenvalue weighted by Gasteiger charge is 2.24. The molecule has 0 bridgehead atoms. The molecule has 1 N–H and O–H groups in total. The summed E-state index contributed by atoms with van der Waals surface area (Å²) in [5.41, 5.74) is 2.36. The van der Waals surface area contributed by atoms with Crippen molar-refractivity contribution >= 4 is 16.7 Å². The molecule has 4 rings (SSSR count). The Balaban J connectivity index is 1.81. The zero-order valence-corrected chi connectivity index (χ0v) is 18.1. The Hall–Kier alpha value is -3.35. The van der Waals surface area contributed by atoms with Gasteiger partial charge in [0.2, 0.25) is 0 Å². The third kappa shape index (κ3) is 3.87. The van der Waals surface area contributed by atoms with E-state index in [1.807, 2.05) is 19.1 Å². The first-order valence-corrected chi connectivity index (χ1v) is 10.6. The lowest BCUT2D eigenvalue weighted by atomic mass is 9.99. The molecule has 0 radical (unpaired) electrons. The van der Waals surface area contributed by atoms with Crippen LogP contribution in [0.2, 0.25) is 0 Å². The van der Waals surface area contributed by atoms with E-state index in [9.17, 15) is 9.59 Å². The number of fused-ring (bicyclic) bond motifs is 2. The lowest BCUT2D eigenvalue weighted by Gasteiger charge is -2.20. The number of aryl methyl sites for hydroxylation is 2. The van der Waals surface area contributed by atoms with Gasteiger partial charge in [0, 0.05) is 11.9 Å². The molecule has 0 aliphatic heterocycles. The van der Waals surface area contributed by atoms with Crippen molar-refractivity contribution < 1.29 is 14.3 Å². The summed E-state index contributed by atoms with van der Waals surface area (Å²) >= 11 is 0. The fourth-order valence-electron chi connectivity index (χ4n) is 4.29. The van der Waals surface area contributed by atoms with Crippen molar-refractivity contribution in [2.24, 2.45) is 0 Å². The molecule has 7 heteroatoms. The highest BCUT2D eigenvalue weighted by molar-refractivity contribution is 6.05. The van der Waals surface area contributed by atoms with E-state index in [1.165, 1.54) is 24.5 Å². The highest BCUT2D eigenvalue weighted by Crippen LogP contribution is 2.33. The summed E-state index contributed by atoms with van der Waals surface area (Å²) in [6.45, 7) is 2.18. The van der Waals surface area contributed by atoms with E-state index in [0.717, 1.165) is 31.2 Å². The second-order valence-corrected chi connectivity index (χ2v) is 7.69. The smallest absolute Gasteiger partial charge is 0.274 e. The van der Waals surface area contributed by atoms with Crippen LogP contribution in [0.4, 0.5) is 0 Å². The Kier molecular flexibility index (Phi) is 5.93. The third-order valence-electron chi connectivity index (χ3n) is 5.90. The second-order valence-electron chi connectivity index (χ2n) is 7.69. The van der Waals surface area contributed by atoms with Crippen LogP contribution in [-0.2, 0) is 13.0 Å². The molecule has 0 saturated heterocycles. The number of hydrogen-bond acceptors (Lipinski definition) is 5. The monoisotopic (exact) mass is 421 g/mol. The van der Waals surface area contributed by atoms with E-state index in [2.05, 4.69) is 22.5 Å². The lowest BCUT2D eigenvalue weighted by molar-refractivity contribution is 0.0929. The molecule has 2 aromatic carbocycles. The van der Waals surface area contributed by atoms with Crippen molar-refractivity contribution in [2.45, 2.75) is 45.2 Å². The number of rotatable bonds is 5. The predicted octanol–water partition coefficient (Wildman–Crippen LogP) is 3.63. The van der Waals surface area contributed by atoms with Crippen LogP contribution in [0.15, 0.2) is 41.2 Å². The lowest BCUT2D eigenvalue weighted by Crippen LogP contribution is -2.33. The van der Waals surface area contributed by atoms with Crippen LogP contribution in [0.25, 0.3) is 10.8 Å². The molecule has 0 fully saturated rings. The Morgan fingerprint density at radius 2 is 1.84 bits per heavy atom. The van der Waals surface area contributed by atoms with Gasteiger partial charge in [-0.1, -0.05) is 30.7 Å². The third-order valence-corrected chi connectivity index (χ3v) is 5.90. The first kappa shape index (κ1) is 20.9. The number of carbonyl (C=O) groups is 1. The van der Waals surface area contributed by atoms with Gasteiger partial charge in [-0.2, -0.15) is 5.10 Å². The fraction of sp³-hybridized carbons (Fsp3) is 0.375. The first-order chi connectivity index (χ1) is 15.1. The van der Waals surface area contributed by atoms with Gasteiger partial charge in [-0.3, -0.25) is 9.59 Å². The van der Waals surface area contributed by atoms with Gasteiger partial charge in [0.05, 0.1) is 25.6 Å². The molecule has 1 atom stereocenters. The summed E-state index contributed by atoms with van der Waals surface area (Å²) in [6.07, 6.45) is 4.02. The van der Waals surface area contributed by atoms with Gasteiger partial charge in [-0.25, -0.2) is 4.68 Å². The highest BCUT2D eigenvalue weighted by atomic mass is 16.5. The maximum Gasteiger partial charge on any atom is 0.274 e. The number of carbonyl (C=O) groups excluding carboxylic acids is 1. The first-order valence-electron chi connectivity index (χ1n) is 10.6. The van der Waals surface area contributed by atoms with Gasteiger partial charge in [0.15, 0.2) is 17.2 Å². The minimum absolute atomic E-state index is 0.0924. The normalized spacial score (nSPS) is 15.8. The van der Waals surface area contributed by atoms with Crippen molar-refractivity contribution in [3.05, 3.63) is 63.6 Å². The van der Waals surface area contributed by atoms with Crippen LogP contribution < -0.4 is 20.3 Å². The molecule has 3 aromatic rings. The van der Waals surface area contributed by atoms with Crippen LogP contribution in [0.3, 0.4) is 0 Å². The van der Waals surface area contributed by atoms with E-state index in [4.69, 9.17) is 9.47 Å². The molecule has 1 aromatic heterocycles. The zero-order valence-electron chi connectivity index (χ0n) is 18.1. The number of nitrogens with one attached hydrogen (secondary N) is 1. The van der Waals surface area contributed by atoms with E-state index in [0.29, 0.717) is 28.8 Å². The predicted molar refractivity (Wildman–Crippen MR) is 119 cm³/mol. The number of hydrogen-bond donors (Lipinski definition) is 1. The van der Waals surface area contributed by atoms with Crippen LogP contribution in [-0.4, -0.2) is 29.9 Å². The van der Waals surface area contributed by atoms with E-state index >= 15 is 0 Å². The van der Waals surface area contributed by atoms with Crippen molar-refractivity contribution in [1.29, 1.82) is 0 Å². The molecule has 162 valence electrons. The molecule has 1 aliphatic carbocycles. The summed E-state index contributed by atoms with van der Waals surface area (Å²) in [5.74, 6) is 0.574. The molecule has 1 amide bonds. The molecule has 0 spiro atoms. The average molecular weight is 421 g/mol. The van der Waals surface area contributed by atoms with Crippen LogP contribution in [0.5, 0.6) is 11.5 Å². The summed E-state index contributed by atoms with van der Waals surface area (Å²) in [5, 5.41) is 8.39. The molecule has 1 aliphatic rings. The average Bonchev–Trinajstić information content (AvgIpc) is 3.00. The van der Waals surface area contributed by atoms with Gasteiger partial charge in [0.1, 0.15) is 0 Å². The molecule has 7 nitrogen and oxygen atoms in total. The zero-order chi connectivity index (χ0) is 22.0. The maximum atomic E-state index is 13.4. The minimum atomic E-state index is -0.305. The minimum Gasteiger partial charge on any atom is -0.493 e. The Labute approximate surface area is 181 Å². The van der Waals surface area contributed by atoms with E-state index in [-0.39, 0.29) is 23.2 Å². The topological polar surface area (TPSA) is 82.5 Å². The number of nitrogens with zero attached hydrogens (tertiary/aromatic N) is 2. The van der Waals surface area contributed by atoms with Crippen molar-refractivity contribution in [3.8, 4) is 11.5 Å². The Morgan fingerprint density at radius 3 is 2.55 bits per heavy atom. The number of methoxy groups -OCH3 is 2. The van der Waals surface area contributed by atoms with Crippen LogP contribution in [0.1, 0.15) is 53.8 Å². The van der Waals surface area contributed by atoms with Crippen LogP contribution in [0, 0.1) is 0 Å². The quantitative estimate of drug-likeness (QED) is 0.636. The van der Waals surface area contributed by atoms with Crippen molar-refractivity contribution in [3.63, 3.8) is 0 Å². The molecule has 0 saturated carbocycles. The fourth-order valence-corrected chi connectivity index (χ4v) is 4.29. The van der Waals surface area contributed by atoms with E-state index in [1.54, 1.807) is 12.1 Å². The van der Waals surface area contributed by atoms with Crippen molar-refractivity contribution in [2.75, 3.05) is 14.2 Å². The standard InChI is InChI=1S/C24H27N3O4/c1-4-27-24(29)18-14-21(31-3)20(30-2)13-17(18)22(26-27)23(28)25-19-12-8-6-10-15-9-5-7-11-16(15)19/h5,7,9,11,13-14,19H,4,6,8,10,12H2,1-3H3,(H,25,28). The summed E-state index contributed by atoms with van der Waals surface area (Å²) in [7, 11) is 3.03. The van der Waals surface area contributed by atoms with Crippen molar-refractivity contribution in [1.82, 2.24) is 15.1 Å². The molecular formula is C24H27N3O4. The second kappa shape index (κ2) is 8.79. The van der Waals surface area contributed by atoms with Gasteiger partial charge in [-0.05, 0) is 49.4 Å². The summed E-state index contributed by atoms with van der Waals surface area (Å²) in [4.78, 5) is 26.3. The molecular weight excluding hydrogens is 394 g/mol. The molecule has 1 unspecified atom stereocenters. The number of benzene rings is 2. The largest absolute Gasteiger partial charge is 0.493 e. The van der Waals surface area contributed by atoms with Gasteiger partial charge >= 0.3 is 0 Å². The Bertz CT molecular complexity index is 1190. The van der Waals surface area contributed by atoms with Gasteiger partial charge in [0.25, 0.3) is 11.5 Å². The van der Waals surface area contributed by atoms with E-state index < -0.39 is 0 Å². The summed E-state index contributed by atoms with van der Waals surface area (Å²) < 4.78 is 12.1. The molecule has 31 heavy (non-hydrogen) atoms. The maximum absolute atomic E-state index is 13.4. The van der Waals surface area contributed by atoms with Crippen LogP contribution >= 0.6 is 0 Å². The SMILES string of the molecule is CCn1nc(C(=O)NC2CCCCc3ccccc32)c2cc(OC)c(OC)cc2c1=O. The van der Waals surface area contributed by atoms with Gasteiger partial charge < -0.3 is 14.8 Å². The van der Waals surface area contributed by atoms with Gasteiger partial charge in [-0.15, -0.1) is 0 Å². The number of ether oxygens (including phenoxy) is 2. The molecule has 1 heterocycles. The summed E-state index contributed by atoms with van der Waals surface area (Å²) in [6, 6.07) is 11.4. The number of amides is 1. The number of aromatic nitrogens is 2. The Morgan fingerprint density at radius 1 is 1.13 bits per heavy atom.